The third-order valence-electron chi connectivity index (χ3n) is 3.82. The first kappa shape index (κ1) is 19.9. The summed E-state index contributed by atoms with van der Waals surface area (Å²) in [7, 11) is 0. The number of aromatic nitrogens is 2. The molecule has 7 nitrogen and oxygen atoms in total. The molecule has 25 heavy (non-hydrogen) atoms. The highest BCUT2D eigenvalue weighted by Gasteiger charge is 2.23. The van der Waals surface area contributed by atoms with Gasteiger partial charge in [-0.15, -0.1) is 12.4 Å². The fourth-order valence-electron chi connectivity index (χ4n) is 2.61. The monoisotopic (exact) mass is 405 g/mol. The van der Waals surface area contributed by atoms with Crippen molar-refractivity contribution in [2.75, 3.05) is 26.2 Å². The Morgan fingerprint density at radius 1 is 1.16 bits per heavy atom. The summed E-state index contributed by atoms with van der Waals surface area (Å²) >= 11 is 11.9. The molecule has 0 spiro atoms. The van der Waals surface area contributed by atoms with Crippen molar-refractivity contribution in [3.63, 3.8) is 0 Å². The van der Waals surface area contributed by atoms with Gasteiger partial charge in [0, 0.05) is 41.8 Å². The van der Waals surface area contributed by atoms with E-state index in [4.69, 9.17) is 33.5 Å². The zero-order valence-electron chi connectivity index (χ0n) is 13.3. The Balaban J connectivity index is 0.00000225. The molecule has 0 saturated carbocycles. The van der Waals surface area contributed by atoms with Crippen molar-refractivity contribution in [3.05, 3.63) is 45.5 Å². The van der Waals surface area contributed by atoms with Crippen LogP contribution in [0.5, 0.6) is 0 Å². The third kappa shape index (κ3) is 5.05. The van der Waals surface area contributed by atoms with Gasteiger partial charge in [0.05, 0.1) is 13.1 Å². The van der Waals surface area contributed by atoms with E-state index in [0.717, 1.165) is 13.1 Å². The fraction of sp³-hybridized carbons (Fsp3) is 0.400. The first-order valence-electron chi connectivity index (χ1n) is 7.54. The van der Waals surface area contributed by atoms with Gasteiger partial charge in [0.2, 0.25) is 5.89 Å². The molecule has 1 fully saturated rings. The minimum atomic E-state index is -0.0657. The lowest BCUT2D eigenvalue weighted by Crippen LogP contribution is -2.48. The maximum absolute atomic E-state index is 12.5. The van der Waals surface area contributed by atoms with Gasteiger partial charge in [-0.05, 0) is 18.2 Å². The van der Waals surface area contributed by atoms with E-state index in [1.54, 1.807) is 23.1 Å². The molecule has 136 valence electrons. The van der Waals surface area contributed by atoms with Crippen molar-refractivity contribution in [2.24, 2.45) is 5.73 Å². The molecule has 1 saturated heterocycles. The van der Waals surface area contributed by atoms with E-state index >= 15 is 0 Å². The highest BCUT2D eigenvalue weighted by Crippen LogP contribution is 2.20. The van der Waals surface area contributed by atoms with Crippen LogP contribution in [0.4, 0.5) is 0 Å². The highest BCUT2D eigenvalue weighted by molar-refractivity contribution is 6.35. The second-order valence-corrected chi connectivity index (χ2v) is 6.41. The number of nitrogens with zero attached hydrogens (tertiary/aromatic N) is 4. The van der Waals surface area contributed by atoms with Gasteiger partial charge < -0.3 is 15.2 Å². The average Bonchev–Trinajstić information content (AvgIpc) is 3.01. The van der Waals surface area contributed by atoms with Crippen LogP contribution in [-0.4, -0.2) is 52.0 Å². The Labute approximate surface area is 161 Å². The van der Waals surface area contributed by atoms with Crippen molar-refractivity contribution in [2.45, 2.75) is 13.1 Å². The molecule has 0 bridgehead atoms. The molecule has 2 N–H and O–H groups in total. The molecule has 0 radical (unpaired) electrons. The van der Waals surface area contributed by atoms with Gasteiger partial charge in [0.25, 0.3) is 5.91 Å². The molecular formula is C15H18Cl3N5O2. The maximum atomic E-state index is 12.5. The fourth-order valence-corrected chi connectivity index (χ4v) is 3.13. The minimum absolute atomic E-state index is 0. The Morgan fingerprint density at radius 3 is 2.36 bits per heavy atom. The van der Waals surface area contributed by atoms with Gasteiger partial charge in [-0.1, -0.05) is 28.4 Å². The third-order valence-corrected chi connectivity index (χ3v) is 4.26. The van der Waals surface area contributed by atoms with Gasteiger partial charge >= 0.3 is 0 Å². The van der Waals surface area contributed by atoms with Crippen LogP contribution in [0.15, 0.2) is 22.7 Å². The Bertz CT molecular complexity index is 711. The predicted octanol–water partition coefficient (Wildman–Crippen LogP) is 2.21. The summed E-state index contributed by atoms with van der Waals surface area (Å²) in [5.41, 5.74) is 5.96. The van der Waals surface area contributed by atoms with E-state index in [1.165, 1.54) is 0 Å². The number of hydrogen-bond acceptors (Lipinski definition) is 6. The lowest BCUT2D eigenvalue weighted by atomic mass is 10.2. The largest absolute Gasteiger partial charge is 0.338 e. The number of benzene rings is 1. The van der Waals surface area contributed by atoms with Crippen LogP contribution in [0.2, 0.25) is 10.0 Å². The van der Waals surface area contributed by atoms with Crippen LogP contribution in [-0.2, 0) is 13.1 Å². The van der Waals surface area contributed by atoms with Crippen molar-refractivity contribution >= 4 is 41.5 Å². The number of piperazine rings is 1. The number of nitrogens with two attached hydrogens (primary N) is 1. The molecule has 10 heteroatoms. The summed E-state index contributed by atoms with van der Waals surface area (Å²) in [6.07, 6.45) is 0. The summed E-state index contributed by atoms with van der Waals surface area (Å²) in [6.45, 7) is 3.50. The summed E-state index contributed by atoms with van der Waals surface area (Å²) in [4.78, 5) is 20.7. The number of carbonyl (C=O) groups excluding carboxylic acids is 1. The Hall–Kier alpha value is -1.38. The van der Waals surface area contributed by atoms with Crippen LogP contribution in [0.3, 0.4) is 0 Å². The SMILES string of the molecule is Cl.NCc1nc(CN2CCN(C(=O)c3cc(Cl)cc(Cl)c3)CC2)no1. The maximum Gasteiger partial charge on any atom is 0.254 e. The molecule has 1 aliphatic heterocycles. The molecule has 1 amide bonds. The Morgan fingerprint density at radius 2 is 1.80 bits per heavy atom. The van der Waals surface area contributed by atoms with E-state index in [1.807, 2.05) is 0 Å². The van der Waals surface area contributed by atoms with E-state index in [9.17, 15) is 4.79 Å². The van der Waals surface area contributed by atoms with Crippen molar-refractivity contribution in [1.82, 2.24) is 19.9 Å². The summed E-state index contributed by atoms with van der Waals surface area (Å²) in [5.74, 6) is 0.970. The first-order valence-corrected chi connectivity index (χ1v) is 8.30. The molecule has 1 aromatic carbocycles. The van der Waals surface area contributed by atoms with Crippen LogP contribution >= 0.6 is 35.6 Å². The Kier molecular flexibility index (Phi) is 7.04. The van der Waals surface area contributed by atoms with E-state index < -0.39 is 0 Å². The van der Waals surface area contributed by atoms with Crippen LogP contribution in [0.25, 0.3) is 0 Å². The van der Waals surface area contributed by atoms with E-state index in [-0.39, 0.29) is 24.9 Å². The molecule has 1 aromatic heterocycles. The quantitative estimate of drug-likeness (QED) is 0.837. The zero-order valence-corrected chi connectivity index (χ0v) is 15.6. The molecular weight excluding hydrogens is 389 g/mol. The number of halogens is 3. The van der Waals surface area contributed by atoms with Gasteiger partial charge in [-0.3, -0.25) is 9.69 Å². The highest BCUT2D eigenvalue weighted by atomic mass is 35.5. The smallest absolute Gasteiger partial charge is 0.254 e. The second-order valence-electron chi connectivity index (χ2n) is 5.53. The molecule has 1 aliphatic rings. The van der Waals surface area contributed by atoms with Crippen molar-refractivity contribution < 1.29 is 9.32 Å². The molecule has 3 rings (SSSR count). The molecule has 0 atom stereocenters. The number of hydrogen-bond donors (Lipinski definition) is 1. The van der Waals surface area contributed by atoms with Crippen LogP contribution < -0.4 is 5.73 Å². The summed E-state index contributed by atoms with van der Waals surface area (Å²) < 4.78 is 4.99. The lowest BCUT2D eigenvalue weighted by molar-refractivity contribution is 0.0624. The molecule has 2 heterocycles. The van der Waals surface area contributed by atoms with Gasteiger partial charge in [-0.2, -0.15) is 4.98 Å². The van der Waals surface area contributed by atoms with Crippen LogP contribution in [0, 0.1) is 0 Å². The first-order chi connectivity index (χ1) is 11.5. The van der Waals surface area contributed by atoms with E-state index in [2.05, 4.69) is 15.0 Å². The number of rotatable bonds is 4. The van der Waals surface area contributed by atoms with Gasteiger partial charge in [0.1, 0.15) is 0 Å². The molecule has 0 aliphatic carbocycles. The van der Waals surface area contributed by atoms with Gasteiger partial charge in [0.15, 0.2) is 5.82 Å². The summed E-state index contributed by atoms with van der Waals surface area (Å²) in [5, 5.41) is 4.80. The number of amides is 1. The molecule has 2 aromatic rings. The minimum Gasteiger partial charge on any atom is -0.338 e. The lowest BCUT2D eigenvalue weighted by Gasteiger charge is -2.34. The average molecular weight is 407 g/mol. The van der Waals surface area contributed by atoms with Crippen molar-refractivity contribution in [1.29, 1.82) is 0 Å². The molecule has 0 unspecified atom stereocenters. The zero-order chi connectivity index (χ0) is 17.1. The summed E-state index contributed by atoms with van der Waals surface area (Å²) in [6, 6.07) is 4.88. The predicted molar refractivity (Wildman–Crippen MR) is 97.1 cm³/mol. The van der Waals surface area contributed by atoms with Gasteiger partial charge in [-0.25, -0.2) is 0 Å². The van der Waals surface area contributed by atoms with Crippen molar-refractivity contribution in [3.8, 4) is 0 Å². The van der Waals surface area contributed by atoms with E-state index in [0.29, 0.717) is 47.0 Å². The topological polar surface area (TPSA) is 88.5 Å². The standard InChI is InChI=1S/C15H17Cl2N5O2.ClH/c16-11-5-10(6-12(17)7-11)15(23)22-3-1-21(2-4-22)9-13-19-14(8-18)24-20-13;/h5-7H,1-4,8-9,18H2;1H. The number of carbonyl (C=O) groups is 1. The second kappa shape index (κ2) is 8.82. The van der Waals surface area contributed by atoms with Crippen LogP contribution in [0.1, 0.15) is 22.1 Å². The normalized spacial score (nSPS) is 15.1.